The summed E-state index contributed by atoms with van der Waals surface area (Å²) in [6.45, 7) is 1.31. The normalized spacial score (nSPS) is 19.3. The first-order valence-corrected chi connectivity index (χ1v) is 9.45. The van der Waals surface area contributed by atoms with Gasteiger partial charge in [-0.1, -0.05) is 43.2 Å². The van der Waals surface area contributed by atoms with Crippen LogP contribution >= 0.6 is 0 Å². The summed E-state index contributed by atoms with van der Waals surface area (Å²) in [6, 6.07) is 14.5. The molecule has 0 bridgehead atoms. The third-order valence-corrected chi connectivity index (χ3v) is 5.11. The van der Waals surface area contributed by atoms with Gasteiger partial charge in [0.2, 0.25) is 5.91 Å². The molecule has 2 atom stereocenters. The predicted molar refractivity (Wildman–Crippen MR) is 104 cm³/mol. The Morgan fingerprint density at radius 2 is 1.81 bits per heavy atom. The number of halogens is 1. The number of amides is 2. The minimum absolute atomic E-state index is 0.0274. The molecular weight excluding hydrogens is 343 g/mol. The van der Waals surface area contributed by atoms with Crippen molar-refractivity contribution in [3.63, 3.8) is 0 Å². The third kappa shape index (κ3) is 5.16. The van der Waals surface area contributed by atoms with Crippen molar-refractivity contribution in [3.8, 4) is 0 Å². The van der Waals surface area contributed by atoms with Crippen LogP contribution in [0.25, 0.3) is 0 Å². The molecular formula is C22H25FN2O2. The number of rotatable bonds is 5. The first kappa shape index (κ1) is 19.1. The second-order valence-corrected chi connectivity index (χ2v) is 7.19. The summed E-state index contributed by atoms with van der Waals surface area (Å²) in [5.74, 6) is -0.769. The van der Waals surface area contributed by atoms with Crippen LogP contribution in [0, 0.1) is 11.7 Å². The lowest BCUT2D eigenvalue weighted by molar-refractivity contribution is -0.114. The Morgan fingerprint density at radius 1 is 1.07 bits per heavy atom. The molecule has 142 valence electrons. The Bertz CT molecular complexity index is 807. The topological polar surface area (TPSA) is 58.2 Å². The van der Waals surface area contributed by atoms with Gasteiger partial charge >= 0.3 is 0 Å². The molecule has 27 heavy (non-hydrogen) atoms. The zero-order valence-corrected chi connectivity index (χ0v) is 15.5. The highest BCUT2D eigenvalue weighted by atomic mass is 19.1. The van der Waals surface area contributed by atoms with Gasteiger partial charge in [-0.15, -0.1) is 0 Å². The van der Waals surface area contributed by atoms with Crippen molar-refractivity contribution in [3.05, 3.63) is 65.5 Å². The number of hydrogen-bond acceptors (Lipinski definition) is 2. The minimum Gasteiger partial charge on any atom is -0.349 e. The lowest BCUT2D eigenvalue weighted by Crippen LogP contribution is -2.43. The van der Waals surface area contributed by atoms with Crippen LogP contribution in [0.3, 0.4) is 0 Å². The predicted octanol–water partition coefficient (Wildman–Crippen LogP) is 4.32. The fourth-order valence-corrected chi connectivity index (χ4v) is 3.76. The summed E-state index contributed by atoms with van der Waals surface area (Å²) in [4.78, 5) is 23.9. The molecule has 2 N–H and O–H groups in total. The SMILES string of the molecule is CC(=O)Nc1cc(C(=O)NC2CCCCC2Cc2ccccc2)ccc1F. The molecule has 0 aromatic heterocycles. The van der Waals surface area contributed by atoms with E-state index in [0.29, 0.717) is 11.5 Å². The van der Waals surface area contributed by atoms with Crippen LogP contribution in [0.4, 0.5) is 10.1 Å². The average molecular weight is 368 g/mol. The Morgan fingerprint density at radius 3 is 2.56 bits per heavy atom. The van der Waals surface area contributed by atoms with E-state index in [9.17, 15) is 14.0 Å². The van der Waals surface area contributed by atoms with E-state index in [1.807, 2.05) is 18.2 Å². The summed E-state index contributed by atoms with van der Waals surface area (Å²) in [6.07, 6.45) is 5.24. The van der Waals surface area contributed by atoms with Crippen LogP contribution in [-0.2, 0) is 11.2 Å². The van der Waals surface area contributed by atoms with Gasteiger partial charge in [-0.05, 0) is 48.9 Å². The molecule has 2 amide bonds. The van der Waals surface area contributed by atoms with Crippen molar-refractivity contribution in [2.75, 3.05) is 5.32 Å². The molecule has 0 radical (unpaired) electrons. The van der Waals surface area contributed by atoms with E-state index in [1.54, 1.807) is 0 Å². The van der Waals surface area contributed by atoms with Crippen LogP contribution in [0.15, 0.2) is 48.5 Å². The molecule has 0 saturated heterocycles. The average Bonchev–Trinajstić information content (AvgIpc) is 2.65. The van der Waals surface area contributed by atoms with Crippen LogP contribution in [-0.4, -0.2) is 17.9 Å². The monoisotopic (exact) mass is 368 g/mol. The molecule has 4 nitrogen and oxygen atoms in total. The summed E-state index contributed by atoms with van der Waals surface area (Å²) in [5.41, 5.74) is 1.65. The van der Waals surface area contributed by atoms with E-state index in [1.165, 1.54) is 37.1 Å². The summed E-state index contributed by atoms with van der Waals surface area (Å²) < 4.78 is 13.8. The van der Waals surface area contributed by atoms with Gasteiger partial charge < -0.3 is 10.6 Å². The lowest BCUT2D eigenvalue weighted by atomic mass is 9.80. The first-order valence-electron chi connectivity index (χ1n) is 9.45. The number of carbonyl (C=O) groups excluding carboxylic acids is 2. The van der Waals surface area contributed by atoms with Gasteiger partial charge in [-0.3, -0.25) is 9.59 Å². The number of nitrogens with one attached hydrogen (secondary N) is 2. The highest BCUT2D eigenvalue weighted by Crippen LogP contribution is 2.28. The van der Waals surface area contributed by atoms with Crippen molar-refractivity contribution < 1.29 is 14.0 Å². The highest BCUT2D eigenvalue weighted by molar-refractivity contribution is 5.97. The second-order valence-electron chi connectivity index (χ2n) is 7.19. The van der Waals surface area contributed by atoms with Gasteiger partial charge in [0, 0.05) is 18.5 Å². The van der Waals surface area contributed by atoms with Gasteiger partial charge in [0.25, 0.3) is 5.91 Å². The van der Waals surface area contributed by atoms with Gasteiger partial charge in [0.1, 0.15) is 5.82 Å². The maximum Gasteiger partial charge on any atom is 0.251 e. The van der Waals surface area contributed by atoms with Crippen molar-refractivity contribution in [2.24, 2.45) is 5.92 Å². The summed E-state index contributed by atoms with van der Waals surface area (Å²) in [5, 5.41) is 5.55. The lowest BCUT2D eigenvalue weighted by Gasteiger charge is -2.32. The van der Waals surface area contributed by atoms with E-state index >= 15 is 0 Å². The van der Waals surface area contributed by atoms with E-state index in [4.69, 9.17) is 0 Å². The zero-order chi connectivity index (χ0) is 19.2. The largest absolute Gasteiger partial charge is 0.349 e. The van der Waals surface area contributed by atoms with Crippen molar-refractivity contribution in [2.45, 2.75) is 45.1 Å². The first-order chi connectivity index (χ1) is 13.0. The van der Waals surface area contributed by atoms with Crippen LogP contribution in [0.5, 0.6) is 0 Å². The maximum atomic E-state index is 13.8. The van der Waals surface area contributed by atoms with Gasteiger partial charge in [0.15, 0.2) is 0 Å². The van der Waals surface area contributed by atoms with Crippen LogP contribution < -0.4 is 10.6 Å². The molecule has 1 saturated carbocycles. The highest BCUT2D eigenvalue weighted by Gasteiger charge is 2.27. The summed E-state index contributed by atoms with van der Waals surface area (Å²) >= 11 is 0. The maximum absolute atomic E-state index is 13.8. The Balaban J connectivity index is 1.70. The number of carbonyl (C=O) groups is 2. The molecule has 0 aliphatic heterocycles. The molecule has 1 aliphatic carbocycles. The Labute approximate surface area is 159 Å². The molecule has 3 rings (SSSR count). The number of anilines is 1. The van der Waals surface area contributed by atoms with Crippen LogP contribution in [0.2, 0.25) is 0 Å². The van der Waals surface area contributed by atoms with Crippen molar-refractivity contribution >= 4 is 17.5 Å². The van der Waals surface area contributed by atoms with Gasteiger partial charge in [0.05, 0.1) is 5.69 Å². The Hall–Kier alpha value is -2.69. The molecule has 1 fully saturated rings. The smallest absolute Gasteiger partial charge is 0.251 e. The minimum atomic E-state index is -0.554. The van der Waals surface area contributed by atoms with E-state index in [-0.39, 0.29) is 23.5 Å². The van der Waals surface area contributed by atoms with Crippen LogP contribution in [0.1, 0.15) is 48.5 Å². The molecule has 1 aliphatic rings. The molecule has 2 unspecified atom stereocenters. The number of hydrogen-bond donors (Lipinski definition) is 2. The molecule has 0 spiro atoms. The standard InChI is InChI=1S/C22H25FN2O2/c1-15(26)24-21-14-18(11-12-19(21)23)22(27)25-20-10-6-5-9-17(20)13-16-7-3-2-4-8-16/h2-4,7-8,11-12,14,17,20H,5-6,9-10,13H2,1H3,(H,24,26)(H,25,27). The van der Waals surface area contributed by atoms with Crippen molar-refractivity contribution in [1.82, 2.24) is 5.32 Å². The zero-order valence-electron chi connectivity index (χ0n) is 15.5. The number of benzene rings is 2. The fraction of sp³-hybridized carbons (Fsp3) is 0.364. The van der Waals surface area contributed by atoms with Gasteiger partial charge in [-0.25, -0.2) is 4.39 Å². The molecule has 5 heteroatoms. The van der Waals surface area contributed by atoms with E-state index in [2.05, 4.69) is 22.8 Å². The Kier molecular flexibility index (Phi) is 6.22. The van der Waals surface area contributed by atoms with Crippen molar-refractivity contribution in [1.29, 1.82) is 0 Å². The van der Waals surface area contributed by atoms with E-state index < -0.39 is 5.82 Å². The fourth-order valence-electron chi connectivity index (χ4n) is 3.76. The molecule has 2 aromatic carbocycles. The quantitative estimate of drug-likeness (QED) is 0.826. The summed E-state index contributed by atoms with van der Waals surface area (Å²) in [7, 11) is 0. The second kappa shape index (κ2) is 8.80. The van der Waals surface area contributed by atoms with Gasteiger partial charge in [-0.2, -0.15) is 0 Å². The molecule has 2 aromatic rings. The third-order valence-electron chi connectivity index (χ3n) is 5.11. The molecule has 0 heterocycles. The van der Waals surface area contributed by atoms with E-state index in [0.717, 1.165) is 25.7 Å².